The molecule has 1 N–H and O–H groups in total. The number of methoxy groups -OCH3 is 1. The SMILES string of the molecule is CCCc1ccc(C(=O)Nc2ccc(-c3ccc4c(c3)C(=O)N(C(C(=O)OC)C(C)C)C4)cc2)cc1. The Hall–Kier alpha value is -3.93. The Morgan fingerprint density at radius 3 is 2.25 bits per heavy atom. The summed E-state index contributed by atoms with van der Waals surface area (Å²) in [7, 11) is 1.35. The summed E-state index contributed by atoms with van der Waals surface area (Å²) in [6.07, 6.45) is 2.07. The highest BCUT2D eigenvalue weighted by atomic mass is 16.5. The fraction of sp³-hybridized carbons (Fsp3) is 0.300. The molecule has 186 valence electrons. The number of amides is 2. The predicted molar refractivity (Wildman–Crippen MR) is 141 cm³/mol. The molecule has 1 aliphatic rings. The molecule has 0 saturated carbocycles. The molecule has 0 spiro atoms. The molecule has 0 bridgehead atoms. The van der Waals surface area contributed by atoms with Gasteiger partial charge in [0.15, 0.2) is 0 Å². The molecule has 0 saturated heterocycles. The van der Waals surface area contributed by atoms with Crippen LogP contribution in [0.3, 0.4) is 0 Å². The number of benzene rings is 3. The van der Waals surface area contributed by atoms with Gasteiger partial charge in [-0.05, 0) is 64.9 Å². The van der Waals surface area contributed by atoms with Crippen molar-refractivity contribution in [1.29, 1.82) is 0 Å². The van der Waals surface area contributed by atoms with Gasteiger partial charge >= 0.3 is 5.97 Å². The van der Waals surface area contributed by atoms with Crippen molar-refractivity contribution in [1.82, 2.24) is 4.90 Å². The first-order chi connectivity index (χ1) is 17.3. The highest BCUT2D eigenvalue weighted by Gasteiger charge is 2.38. The lowest BCUT2D eigenvalue weighted by molar-refractivity contribution is -0.147. The number of hydrogen-bond acceptors (Lipinski definition) is 4. The molecule has 6 nitrogen and oxygen atoms in total. The first-order valence-corrected chi connectivity index (χ1v) is 12.3. The van der Waals surface area contributed by atoms with E-state index in [2.05, 4.69) is 12.2 Å². The molecule has 3 aromatic rings. The number of nitrogens with zero attached hydrogens (tertiary/aromatic N) is 1. The largest absolute Gasteiger partial charge is 0.467 e. The van der Waals surface area contributed by atoms with E-state index >= 15 is 0 Å². The van der Waals surface area contributed by atoms with Crippen molar-refractivity contribution in [2.75, 3.05) is 12.4 Å². The van der Waals surface area contributed by atoms with Gasteiger partial charge in [0.25, 0.3) is 11.8 Å². The van der Waals surface area contributed by atoms with Crippen LogP contribution in [0, 0.1) is 5.92 Å². The lowest BCUT2D eigenvalue weighted by Gasteiger charge is -2.28. The lowest BCUT2D eigenvalue weighted by Crippen LogP contribution is -2.45. The zero-order valence-electron chi connectivity index (χ0n) is 21.2. The summed E-state index contributed by atoms with van der Waals surface area (Å²) in [5, 5.41) is 2.94. The van der Waals surface area contributed by atoms with E-state index in [0.29, 0.717) is 23.4 Å². The van der Waals surface area contributed by atoms with E-state index in [4.69, 9.17) is 4.74 Å². The Morgan fingerprint density at radius 1 is 0.972 bits per heavy atom. The molecular formula is C30H32N2O4. The maximum absolute atomic E-state index is 13.2. The maximum atomic E-state index is 13.2. The third-order valence-corrected chi connectivity index (χ3v) is 6.58. The van der Waals surface area contributed by atoms with Crippen LogP contribution in [-0.4, -0.2) is 35.8 Å². The fourth-order valence-corrected chi connectivity index (χ4v) is 4.67. The normalized spacial score (nSPS) is 13.5. The highest BCUT2D eigenvalue weighted by molar-refractivity contribution is 6.04. The van der Waals surface area contributed by atoms with Crippen LogP contribution in [0.1, 0.15) is 59.0 Å². The van der Waals surface area contributed by atoms with Gasteiger partial charge in [-0.25, -0.2) is 4.79 Å². The van der Waals surface area contributed by atoms with Crippen molar-refractivity contribution in [3.63, 3.8) is 0 Å². The number of anilines is 1. The molecule has 0 radical (unpaired) electrons. The topological polar surface area (TPSA) is 75.7 Å². The molecule has 3 aromatic carbocycles. The number of carbonyl (C=O) groups is 3. The van der Waals surface area contributed by atoms with Crippen LogP contribution >= 0.6 is 0 Å². The van der Waals surface area contributed by atoms with Gasteiger partial charge in [0, 0.05) is 23.4 Å². The van der Waals surface area contributed by atoms with E-state index in [1.54, 1.807) is 4.90 Å². The van der Waals surface area contributed by atoms with Crippen LogP contribution in [0.25, 0.3) is 11.1 Å². The molecule has 1 aliphatic heterocycles. The average Bonchev–Trinajstić information content (AvgIpc) is 3.20. The van der Waals surface area contributed by atoms with Gasteiger partial charge in [0.1, 0.15) is 6.04 Å². The summed E-state index contributed by atoms with van der Waals surface area (Å²) in [6, 6.07) is 20.4. The molecule has 2 amide bonds. The van der Waals surface area contributed by atoms with Crippen LogP contribution in [0.5, 0.6) is 0 Å². The standard InChI is InChI=1S/C30H32N2O4/c1-5-6-20-7-9-22(10-8-20)28(33)31-25-15-13-21(14-16-25)23-11-12-24-18-32(29(34)26(24)17-23)27(19(2)3)30(35)36-4/h7-17,19,27H,5-6,18H2,1-4H3,(H,31,33). The van der Waals surface area contributed by atoms with Crippen molar-refractivity contribution in [3.8, 4) is 11.1 Å². The van der Waals surface area contributed by atoms with Crippen molar-refractivity contribution < 1.29 is 19.1 Å². The van der Waals surface area contributed by atoms with Crippen molar-refractivity contribution in [2.45, 2.75) is 46.2 Å². The number of fused-ring (bicyclic) bond motifs is 1. The number of hydrogen-bond donors (Lipinski definition) is 1. The maximum Gasteiger partial charge on any atom is 0.328 e. The summed E-state index contributed by atoms with van der Waals surface area (Å²) in [6.45, 7) is 6.33. The van der Waals surface area contributed by atoms with Crippen molar-refractivity contribution in [2.24, 2.45) is 5.92 Å². The second kappa shape index (κ2) is 10.8. The number of esters is 1. The zero-order chi connectivity index (χ0) is 25.8. The molecule has 0 aromatic heterocycles. The van der Waals surface area contributed by atoms with Crippen LogP contribution < -0.4 is 5.32 Å². The van der Waals surface area contributed by atoms with Crippen LogP contribution in [0.2, 0.25) is 0 Å². The third kappa shape index (κ3) is 5.18. The highest BCUT2D eigenvalue weighted by Crippen LogP contribution is 2.32. The zero-order valence-corrected chi connectivity index (χ0v) is 21.2. The summed E-state index contributed by atoms with van der Waals surface area (Å²) >= 11 is 0. The Kier molecular flexibility index (Phi) is 7.53. The molecule has 1 unspecified atom stereocenters. The van der Waals surface area contributed by atoms with Gasteiger partial charge < -0.3 is 15.0 Å². The number of aryl methyl sites for hydroxylation is 1. The minimum atomic E-state index is -0.621. The third-order valence-electron chi connectivity index (χ3n) is 6.58. The Labute approximate surface area is 212 Å². The molecule has 1 atom stereocenters. The molecule has 1 heterocycles. The second-order valence-corrected chi connectivity index (χ2v) is 9.50. The van der Waals surface area contributed by atoms with Gasteiger partial charge in [0.05, 0.1) is 7.11 Å². The molecule has 4 rings (SSSR count). The monoisotopic (exact) mass is 484 g/mol. The Balaban J connectivity index is 1.48. The second-order valence-electron chi connectivity index (χ2n) is 9.50. The van der Waals surface area contributed by atoms with Gasteiger partial charge in [-0.2, -0.15) is 0 Å². The van der Waals surface area contributed by atoms with Gasteiger partial charge in [0.2, 0.25) is 0 Å². The van der Waals surface area contributed by atoms with E-state index in [1.807, 2.05) is 80.6 Å². The van der Waals surface area contributed by atoms with Gasteiger partial charge in [-0.1, -0.05) is 63.6 Å². The number of carbonyl (C=O) groups excluding carboxylic acids is 3. The number of rotatable bonds is 8. The summed E-state index contributed by atoms with van der Waals surface area (Å²) < 4.78 is 4.95. The van der Waals surface area contributed by atoms with Crippen LogP contribution in [0.15, 0.2) is 66.7 Å². The molecule has 36 heavy (non-hydrogen) atoms. The molecular weight excluding hydrogens is 452 g/mol. The number of nitrogens with one attached hydrogen (secondary N) is 1. The predicted octanol–water partition coefficient (Wildman–Crippen LogP) is 5.71. The quantitative estimate of drug-likeness (QED) is 0.416. The Morgan fingerprint density at radius 2 is 1.64 bits per heavy atom. The minimum absolute atomic E-state index is 0.0628. The van der Waals surface area contributed by atoms with Gasteiger partial charge in [-0.15, -0.1) is 0 Å². The average molecular weight is 485 g/mol. The van der Waals surface area contributed by atoms with Crippen LogP contribution in [-0.2, 0) is 22.5 Å². The van der Waals surface area contributed by atoms with E-state index in [9.17, 15) is 14.4 Å². The minimum Gasteiger partial charge on any atom is -0.467 e. The van der Waals surface area contributed by atoms with E-state index < -0.39 is 12.0 Å². The summed E-state index contributed by atoms with van der Waals surface area (Å²) in [4.78, 5) is 39.7. The lowest BCUT2D eigenvalue weighted by atomic mass is 10.00. The first kappa shape index (κ1) is 25.2. The first-order valence-electron chi connectivity index (χ1n) is 12.3. The van der Waals surface area contributed by atoms with Crippen molar-refractivity contribution >= 4 is 23.5 Å². The summed E-state index contributed by atoms with van der Waals surface area (Å²) in [5.41, 5.74) is 5.86. The van der Waals surface area contributed by atoms with Crippen LogP contribution in [0.4, 0.5) is 5.69 Å². The summed E-state index contributed by atoms with van der Waals surface area (Å²) in [5.74, 6) is -0.780. The molecule has 0 fully saturated rings. The van der Waals surface area contributed by atoms with E-state index in [1.165, 1.54) is 12.7 Å². The smallest absolute Gasteiger partial charge is 0.328 e. The number of ether oxygens (including phenoxy) is 1. The van der Waals surface area contributed by atoms with Crippen molar-refractivity contribution in [3.05, 3.63) is 89.0 Å². The molecule has 6 heteroatoms. The molecule has 0 aliphatic carbocycles. The van der Waals surface area contributed by atoms with Gasteiger partial charge in [-0.3, -0.25) is 9.59 Å². The van der Waals surface area contributed by atoms with E-state index in [-0.39, 0.29) is 17.7 Å². The fourth-order valence-electron chi connectivity index (χ4n) is 4.67. The van der Waals surface area contributed by atoms with E-state index in [0.717, 1.165) is 29.5 Å². The Bertz CT molecular complexity index is 1260.